The summed E-state index contributed by atoms with van der Waals surface area (Å²) in [6.07, 6.45) is 0. The molecule has 8 nitrogen and oxygen atoms in total. The van der Waals surface area contributed by atoms with Crippen molar-refractivity contribution in [1.82, 2.24) is 0 Å². The molecule has 8 N–H and O–H groups in total. The Morgan fingerprint density at radius 2 is 0.938 bits per heavy atom. The van der Waals surface area contributed by atoms with E-state index in [1.807, 2.05) is 0 Å². The highest BCUT2D eigenvalue weighted by atomic mass is 35.5. The normalized spacial score (nSPS) is 9.50. The van der Waals surface area contributed by atoms with E-state index in [1.54, 1.807) is 60.7 Å². The minimum atomic E-state index is -0.404. The van der Waals surface area contributed by atoms with Gasteiger partial charge in [0.25, 0.3) is 11.8 Å². The molecule has 2 amide bonds. The lowest BCUT2D eigenvalue weighted by Crippen LogP contribution is -2.18. The quantitative estimate of drug-likeness (QED) is 0.239. The standard InChI is InChI=1S/C22H20N6O2.2ClH/c23-19(24)13-5-3-7-15(11-13)21(29)27-17-9-1-2-10-18(17)28-22(30)16-8-4-6-14(12-16)20(25)26;;/h1-12H,(H3,23,24)(H3,25,26)(H,27,29)(H,28,30);2*1H. The van der Waals surface area contributed by atoms with Crippen molar-refractivity contribution in [3.05, 3.63) is 95.1 Å². The molecule has 3 aromatic rings. The van der Waals surface area contributed by atoms with Crippen LogP contribution in [0.1, 0.15) is 31.8 Å². The first-order valence-electron chi connectivity index (χ1n) is 8.96. The first kappa shape index (κ1) is 26.2. The molecule has 32 heavy (non-hydrogen) atoms. The molecule has 3 aromatic carbocycles. The van der Waals surface area contributed by atoms with E-state index >= 15 is 0 Å². The summed E-state index contributed by atoms with van der Waals surface area (Å²) in [5, 5.41) is 20.5. The molecule has 0 aliphatic heterocycles. The fourth-order valence-corrected chi connectivity index (χ4v) is 2.75. The number of hydrogen-bond acceptors (Lipinski definition) is 4. The zero-order valence-electron chi connectivity index (χ0n) is 16.7. The van der Waals surface area contributed by atoms with Gasteiger partial charge in [0.05, 0.1) is 11.4 Å². The van der Waals surface area contributed by atoms with Gasteiger partial charge in [-0.2, -0.15) is 0 Å². The topological polar surface area (TPSA) is 158 Å². The Bertz CT molecular complexity index is 1080. The molecule has 10 heteroatoms. The smallest absolute Gasteiger partial charge is 0.255 e. The third-order valence-electron chi connectivity index (χ3n) is 4.29. The molecule has 0 radical (unpaired) electrons. The highest BCUT2D eigenvalue weighted by Gasteiger charge is 2.13. The summed E-state index contributed by atoms with van der Waals surface area (Å²) in [6, 6.07) is 19.6. The molecule has 3 rings (SSSR count). The fourth-order valence-electron chi connectivity index (χ4n) is 2.75. The number of carbonyl (C=O) groups is 2. The van der Waals surface area contributed by atoms with Crippen LogP contribution in [-0.4, -0.2) is 23.5 Å². The summed E-state index contributed by atoms with van der Waals surface area (Å²) in [7, 11) is 0. The lowest BCUT2D eigenvalue weighted by molar-refractivity contribution is 0.101. The van der Waals surface area contributed by atoms with Crippen LogP contribution in [0.5, 0.6) is 0 Å². The molecule has 0 unspecified atom stereocenters. The molecule has 0 saturated heterocycles. The lowest BCUT2D eigenvalue weighted by Gasteiger charge is -2.13. The maximum atomic E-state index is 12.6. The van der Waals surface area contributed by atoms with Crippen molar-refractivity contribution in [2.75, 3.05) is 10.6 Å². The molecular weight excluding hydrogens is 451 g/mol. The summed E-state index contributed by atoms with van der Waals surface area (Å²) in [5.41, 5.74) is 13.3. The third-order valence-corrected chi connectivity index (χ3v) is 4.29. The summed E-state index contributed by atoms with van der Waals surface area (Å²) in [4.78, 5) is 25.3. The van der Waals surface area contributed by atoms with Crippen molar-refractivity contribution >= 4 is 59.7 Å². The largest absolute Gasteiger partial charge is 0.384 e. The Labute approximate surface area is 197 Å². The van der Waals surface area contributed by atoms with E-state index in [9.17, 15) is 9.59 Å². The van der Waals surface area contributed by atoms with Gasteiger partial charge in [-0.15, -0.1) is 24.8 Å². The molecule has 0 spiro atoms. The van der Waals surface area contributed by atoms with Crippen molar-refractivity contribution in [2.45, 2.75) is 0 Å². The van der Waals surface area contributed by atoms with E-state index in [4.69, 9.17) is 22.3 Å². The van der Waals surface area contributed by atoms with E-state index in [1.165, 1.54) is 12.1 Å². The summed E-state index contributed by atoms with van der Waals surface area (Å²) >= 11 is 0. The first-order chi connectivity index (χ1) is 14.3. The van der Waals surface area contributed by atoms with Gasteiger partial charge in [0.2, 0.25) is 0 Å². The van der Waals surface area contributed by atoms with Crippen molar-refractivity contribution < 1.29 is 9.59 Å². The summed E-state index contributed by atoms with van der Waals surface area (Å²) < 4.78 is 0. The Balaban J connectivity index is 0.00000256. The zero-order chi connectivity index (χ0) is 21.7. The van der Waals surface area contributed by atoms with Crippen LogP contribution in [0.2, 0.25) is 0 Å². The molecule has 166 valence electrons. The van der Waals surface area contributed by atoms with Crippen LogP contribution in [0, 0.1) is 10.8 Å². The zero-order valence-corrected chi connectivity index (χ0v) is 18.3. The second kappa shape index (κ2) is 11.5. The maximum Gasteiger partial charge on any atom is 0.255 e. The van der Waals surface area contributed by atoms with Crippen molar-refractivity contribution in [1.29, 1.82) is 10.8 Å². The molecule has 0 aromatic heterocycles. The fraction of sp³-hybridized carbons (Fsp3) is 0. The minimum absolute atomic E-state index is 0. The number of amides is 2. The van der Waals surface area contributed by atoms with Gasteiger partial charge in [-0.1, -0.05) is 36.4 Å². The number of carbonyl (C=O) groups excluding carboxylic acids is 2. The van der Waals surface area contributed by atoms with Gasteiger partial charge in [0.1, 0.15) is 11.7 Å². The van der Waals surface area contributed by atoms with Crippen LogP contribution in [0.3, 0.4) is 0 Å². The van der Waals surface area contributed by atoms with Crippen LogP contribution < -0.4 is 22.1 Å². The average Bonchev–Trinajstić information content (AvgIpc) is 2.75. The summed E-state index contributed by atoms with van der Waals surface area (Å²) in [6.45, 7) is 0. The van der Waals surface area contributed by atoms with E-state index in [0.29, 0.717) is 33.6 Å². The molecule has 0 aliphatic carbocycles. The van der Waals surface area contributed by atoms with Gasteiger partial charge in [-0.05, 0) is 36.4 Å². The number of halogens is 2. The number of nitrogens with two attached hydrogens (primary N) is 2. The van der Waals surface area contributed by atoms with E-state index in [-0.39, 0.29) is 36.5 Å². The number of amidine groups is 2. The van der Waals surface area contributed by atoms with Gasteiger partial charge >= 0.3 is 0 Å². The number of benzene rings is 3. The highest BCUT2D eigenvalue weighted by Crippen LogP contribution is 2.23. The van der Waals surface area contributed by atoms with Crippen LogP contribution in [-0.2, 0) is 0 Å². The van der Waals surface area contributed by atoms with Crippen LogP contribution >= 0.6 is 24.8 Å². The molecule has 0 fully saturated rings. The third kappa shape index (κ3) is 6.31. The number of nitrogens with one attached hydrogen (secondary N) is 4. The van der Waals surface area contributed by atoms with Crippen LogP contribution in [0.15, 0.2) is 72.8 Å². The van der Waals surface area contributed by atoms with E-state index < -0.39 is 11.8 Å². The molecule has 0 atom stereocenters. The summed E-state index contributed by atoms with van der Waals surface area (Å²) in [5.74, 6) is -1.08. The molecular formula is C22H22Cl2N6O2. The monoisotopic (exact) mass is 472 g/mol. The van der Waals surface area contributed by atoms with Gasteiger partial charge in [-0.25, -0.2) is 0 Å². The average molecular weight is 473 g/mol. The first-order valence-corrected chi connectivity index (χ1v) is 8.96. The number of hydrogen-bond donors (Lipinski definition) is 6. The molecule has 0 heterocycles. The Hall–Kier alpha value is -3.88. The van der Waals surface area contributed by atoms with E-state index in [0.717, 1.165) is 0 Å². The van der Waals surface area contributed by atoms with Crippen molar-refractivity contribution in [2.24, 2.45) is 11.5 Å². The van der Waals surface area contributed by atoms with Gasteiger partial charge in [-0.3, -0.25) is 20.4 Å². The second-order valence-electron chi connectivity index (χ2n) is 6.44. The number of rotatable bonds is 6. The molecule has 0 saturated carbocycles. The molecule has 0 bridgehead atoms. The Morgan fingerprint density at radius 1 is 0.594 bits per heavy atom. The number of anilines is 2. The van der Waals surface area contributed by atoms with E-state index in [2.05, 4.69) is 10.6 Å². The van der Waals surface area contributed by atoms with Crippen molar-refractivity contribution in [3.63, 3.8) is 0 Å². The SMILES string of the molecule is Cl.Cl.N=C(N)c1cccc(C(=O)Nc2ccccc2NC(=O)c2cccc(C(=N)N)c2)c1. The predicted octanol–water partition coefficient (Wildman–Crippen LogP) is 3.60. The van der Waals surface area contributed by atoms with Crippen LogP contribution in [0.4, 0.5) is 11.4 Å². The number of para-hydroxylation sites is 2. The Kier molecular flexibility index (Phi) is 9.40. The van der Waals surface area contributed by atoms with Crippen LogP contribution in [0.25, 0.3) is 0 Å². The molecule has 0 aliphatic rings. The number of nitrogen functional groups attached to an aromatic ring is 2. The van der Waals surface area contributed by atoms with Crippen molar-refractivity contribution in [3.8, 4) is 0 Å². The van der Waals surface area contributed by atoms with Gasteiger partial charge in [0, 0.05) is 22.3 Å². The predicted molar refractivity (Wildman–Crippen MR) is 132 cm³/mol. The van der Waals surface area contributed by atoms with Gasteiger partial charge in [0.15, 0.2) is 0 Å². The second-order valence-corrected chi connectivity index (χ2v) is 6.44. The minimum Gasteiger partial charge on any atom is -0.384 e. The lowest BCUT2D eigenvalue weighted by atomic mass is 10.1. The Morgan fingerprint density at radius 3 is 1.28 bits per heavy atom. The maximum absolute atomic E-state index is 12.6. The highest BCUT2D eigenvalue weighted by molar-refractivity contribution is 6.11. The van der Waals surface area contributed by atoms with Gasteiger partial charge < -0.3 is 22.1 Å².